The predicted octanol–water partition coefficient (Wildman–Crippen LogP) is 1.89. The first-order chi connectivity index (χ1) is 13.2. The van der Waals surface area contributed by atoms with Crippen LogP contribution in [0.2, 0.25) is 0 Å². The van der Waals surface area contributed by atoms with E-state index in [-0.39, 0.29) is 18.4 Å². The molecule has 0 atom stereocenters. The molecule has 1 saturated heterocycles. The molecule has 3 amide bonds. The van der Waals surface area contributed by atoms with Crippen molar-refractivity contribution in [1.29, 1.82) is 0 Å². The van der Waals surface area contributed by atoms with Gasteiger partial charge in [-0.1, -0.05) is 12.1 Å². The number of carbonyl (C=O) groups is 3. The number of ether oxygens (including phenoxy) is 2. The molecule has 0 saturated carbocycles. The van der Waals surface area contributed by atoms with E-state index >= 15 is 0 Å². The van der Waals surface area contributed by atoms with E-state index < -0.39 is 11.7 Å². The molecule has 0 spiro atoms. The zero-order chi connectivity index (χ0) is 20.7. The van der Waals surface area contributed by atoms with Gasteiger partial charge in [-0.3, -0.25) is 9.59 Å². The first-order valence-electron chi connectivity index (χ1n) is 9.38. The third-order valence-corrected chi connectivity index (χ3v) is 4.26. The topological polar surface area (TPSA) is 88.2 Å². The summed E-state index contributed by atoms with van der Waals surface area (Å²) in [5.41, 5.74) is -0.105. The summed E-state index contributed by atoms with van der Waals surface area (Å²) in [5.74, 6) is 0.224. The van der Waals surface area contributed by atoms with Gasteiger partial charge >= 0.3 is 6.09 Å². The third-order valence-electron chi connectivity index (χ3n) is 4.26. The van der Waals surface area contributed by atoms with Crippen molar-refractivity contribution < 1.29 is 23.9 Å². The molecule has 1 aromatic carbocycles. The quantitative estimate of drug-likeness (QED) is 0.847. The number of para-hydroxylation sites is 1. The molecule has 1 aliphatic heterocycles. The number of rotatable bonds is 4. The number of carbonyl (C=O) groups excluding carboxylic acids is 3. The van der Waals surface area contributed by atoms with Gasteiger partial charge in [0.25, 0.3) is 5.91 Å². The summed E-state index contributed by atoms with van der Waals surface area (Å²) in [4.78, 5) is 40.3. The van der Waals surface area contributed by atoms with E-state index in [0.717, 1.165) is 0 Å². The fourth-order valence-electron chi connectivity index (χ4n) is 2.94. The fraction of sp³-hybridized carbons (Fsp3) is 0.550. The molecule has 0 aromatic heterocycles. The second kappa shape index (κ2) is 9.43. The molecule has 1 heterocycles. The lowest BCUT2D eigenvalue weighted by atomic mass is 10.1. The fourth-order valence-corrected chi connectivity index (χ4v) is 2.94. The van der Waals surface area contributed by atoms with Crippen LogP contribution in [0, 0.1) is 0 Å². The molecule has 1 aromatic rings. The van der Waals surface area contributed by atoms with E-state index in [9.17, 15) is 14.4 Å². The molecule has 0 unspecified atom stereocenters. The van der Waals surface area contributed by atoms with E-state index in [0.29, 0.717) is 43.9 Å². The maximum Gasteiger partial charge on any atom is 0.408 e. The van der Waals surface area contributed by atoms with Crippen LogP contribution in [0.4, 0.5) is 4.79 Å². The highest BCUT2D eigenvalue weighted by Gasteiger charge is 2.25. The molecular weight excluding hydrogens is 362 g/mol. The molecule has 1 aliphatic rings. The van der Waals surface area contributed by atoms with Crippen LogP contribution in [-0.4, -0.2) is 73.1 Å². The Labute approximate surface area is 165 Å². The normalized spacial score (nSPS) is 14.9. The van der Waals surface area contributed by atoms with Gasteiger partial charge in [0.05, 0.1) is 12.7 Å². The Kier molecular flexibility index (Phi) is 7.25. The Morgan fingerprint density at radius 3 is 2.36 bits per heavy atom. The van der Waals surface area contributed by atoms with Crippen molar-refractivity contribution in [3.05, 3.63) is 29.8 Å². The van der Waals surface area contributed by atoms with Crippen LogP contribution in [0.25, 0.3) is 0 Å². The number of benzene rings is 1. The second-order valence-corrected chi connectivity index (χ2v) is 7.58. The van der Waals surface area contributed by atoms with Crippen molar-refractivity contribution in [3.63, 3.8) is 0 Å². The van der Waals surface area contributed by atoms with Crippen LogP contribution >= 0.6 is 0 Å². The molecule has 0 radical (unpaired) electrons. The lowest BCUT2D eigenvalue weighted by Gasteiger charge is -2.23. The lowest BCUT2D eigenvalue weighted by molar-refractivity contribution is -0.130. The molecular formula is C20H29N3O5. The highest BCUT2D eigenvalue weighted by molar-refractivity contribution is 5.97. The molecule has 0 aliphatic carbocycles. The summed E-state index contributed by atoms with van der Waals surface area (Å²) < 4.78 is 10.4. The summed E-state index contributed by atoms with van der Waals surface area (Å²) in [6.45, 7) is 7.08. The molecule has 1 fully saturated rings. The molecule has 8 nitrogen and oxygen atoms in total. The zero-order valence-corrected chi connectivity index (χ0v) is 17.0. The Bertz CT molecular complexity index is 714. The second-order valence-electron chi connectivity index (χ2n) is 7.58. The van der Waals surface area contributed by atoms with Gasteiger partial charge in [-0.05, 0) is 39.3 Å². The average Bonchev–Trinajstić information content (AvgIpc) is 2.90. The van der Waals surface area contributed by atoms with Gasteiger partial charge in [-0.15, -0.1) is 0 Å². The predicted molar refractivity (Wildman–Crippen MR) is 104 cm³/mol. The number of nitrogens with one attached hydrogen (secondary N) is 1. The number of hydrogen-bond donors (Lipinski definition) is 1. The number of alkyl carbamates (subject to hydrolysis) is 1. The Morgan fingerprint density at radius 2 is 1.68 bits per heavy atom. The van der Waals surface area contributed by atoms with Gasteiger partial charge in [0, 0.05) is 26.2 Å². The molecule has 1 N–H and O–H groups in total. The summed E-state index contributed by atoms with van der Waals surface area (Å²) in [7, 11) is 1.53. The minimum atomic E-state index is -0.622. The standard InChI is InChI=1S/C20H29N3O5/c1-20(2,3)28-19(26)21-14-17(24)22-10-7-11-23(13-12-22)18(25)15-8-5-6-9-16(15)27-4/h5-6,8-9H,7,10-14H2,1-4H3,(H,21,26). The van der Waals surface area contributed by atoms with E-state index in [4.69, 9.17) is 9.47 Å². The van der Waals surface area contributed by atoms with E-state index in [2.05, 4.69) is 5.32 Å². The van der Waals surface area contributed by atoms with Crippen LogP contribution in [0.3, 0.4) is 0 Å². The van der Waals surface area contributed by atoms with Gasteiger partial charge < -0.3 is 24.6 Å². The minimum Gasteiger partial charge on any atom is -0.496 e. The highest BCUT2D eigenvalue weighted by Crippen LogP contribution is 2.20. The van der Waals surface area contributed by atoms with Gasteiger partial charge in [0.1, 0.15) is 17.9 Å². The van der Waals surface area contributed by atoms with Crippen molar-refractivity contribution in [1.82, 2.24) is 15.1 Å². The SMILES string of the molecule is COc1ccccc1C(=O)N1CCCN(C(=O)CNC(=O)OC(C)(C)C)CC1. The maximum atomic E-state index is 12.8. The van der Waals surface area contributed by atoms with Gasteiger partial charge in [-0.2, -0.15) is 0 Å². The Balaban J connectivity index is 1.89. The monoisotopic (exact) mass is 391 g/mol. The maximum absolute atomic E-state index is 12.8. The number of hydrogen-bond acceptors (Lipinski definition) is 5. The Morgan fingerprint density at radius 1 is 1.04 bits per heavy atom. The van der Waals surface area contributed by atoms with E-state index in [1.807, 2.05) is 6.07 Å². The molecule has 0 bridgehead atoms. The first-order valence-corrected chi connectivity index (χ1v) is 9.38. The summed E-state index contributed by atoms with van der Waals surface area (Å²) in [6.07, 6.45) is 0.0441. The van der Waals surface area contributed by atoms with Crippen molar-refractivity contribution in [3.8, 4) is 5.75 Å². The van der Waals surface area contributed by atoms with E-state index in [1.165, 1.54) is 7.11 Å². The largest absolute Gasteiger partial charge is 0.496 e. The minimum absolute atomic E-state index is 0.112. The Hall–Kier alpha value is -2.77. The molecule has 154 valence electrons. The lowest BCUT2D eigenvalue weighted by Crippen LogP contribution is -2.43. The van der Waals surface area contributed by atoms with Crippen molar-refractivity contribution in [2.75, 3.05) is 39.8 Å². The first kappa shape index (κ1) is 21.5. The number of methoxy groups -OCH3 is 1. The van der Waals surface area contributed by atoms with Crippen LogP contribution < -0.4 is 10.1 Å². The number of amides is 3. The average molecular weight is 391 g/mol. The zero-order valence-electron chi connectivity index (χ0n) is 17.0. The van der Waals surface area contributed by atoms with Gasteiger partial charge in [-0.25, -0.2) is 4.79 Å². The third kappa shape index (κ3) is 6.14. The van der Waals surface area contributed by atoms with Crippen molar-refractivity contribution in [2.24, 2.45) is 0 Å². The molecule has 8 heteroatoms. The summed E-state index contributed by atoms with van der Waals surface area (Å²) in [6, 6.07) is 7.10. The van der Waals surface area contributed by atoms with Gasteiger partial charge in [0.2, 0.25) is 5.91 Å². The van der Waals surface area contributed by atoms with Crippen molar-refractivity contribution >= 4 is 17.9 Å². The van der Waals surface area contributed by atoms with Gasteiger partial charge in [0.15, 0.2) is 0 Å². The van der Waals surface area contributed by atoms with Crippen molar-refractivity contribution in [2.45, 2.75) is 32.8 Å². The van der Waals surface area contributed by atoms with Crippen LogP contribution in [0.5, 0.6) is 5.75 Å². The van der Waals surface area contributed by atoms with E-state index in [1.54, 1.807) is 48.8 Å². The van der Waals surface area contributed by atoms with Crippen LogP contribution in [0.1, 0.15) is 37.6 Å². The molecule has 28 heavy (non-hydrogen) atoms. The highest BCUT2D eigenvalue weighted by atomic mass is 16.6. The summed E-state index contributed by atoms with van der Waals surface area (Å²) >= 11 is 0. The summed E-state index contributed by atoms with van der Waals surface area (Å²) in [5, 5.41) is 2.48. The number of nitrogens with zero attached hydrogens (tertiary/aromatic N) is 2. The smallest absolute Gasteiger partial charge is 0.408 e. The van der Waals surface area contributed by atoms with Crippen LogP contribution in [-0.2, 0) is 9.53 Å². The van der Waals surface area contributed by atoms with Crippen LogP contribution in [0.15, 0.2) is 24.3 Å². The molecule has 2 rings (SSSR count).